The summed E-state index contributed by atoms with van der Waals surface area (Å²) in [7, 11) is 4.31. The molecule has 1 aliphatic rings. The Labute approximate surface area is 181 Å². The Morgan fingerprint density at radius 1 is 1.11 bits per heavy atom. The maximum atomic E-state index is 10.6. The smallest absolute Gasteiger partial charge is 0.449 e. The van der Waals surface area contributed by atoms with Crippen molar-refractivity contribution in [2.45, 2.75) is 25.3 Å². The molecule has 0 atom stereocenters. The number of halogens is 2. The van der Waals surface area contributed by atoms with Gasteiger partial charge in [-0.15, -0.1) is 11.6 Å². The van der Waals surface area contributed by atoms with Crippen LogP contribution in [0.4, 0.5) is 0 Å². The summed E-state index contributed by atoms with van der Waals surface area (Å²) in [5, 5.41) is 1.01. The van der Waals surface area contributed by atoms with Crippen molar-refractivity contribution in [1.29, 1.82) is 0 Å². The zero-order valence-electron chi connectivity index (χ0n) is 15.0. The van der Waals surface area contributed by atoms with E-state index in [9.17, 15) is 4.79 Å². The van der Waals surface area contributed by atoms with Gasteiger partial charge in [-0.1, -0.05) is 35.7 Å². The Morgan fingerprint density at radius 3 is 2.26 bits per heavy atom. The molecular weight excluding hydrogens is 561 g/mol. The van der Waals surface area contributed by atoms with Gasteiger partial charge < -0.3 is 14.1 Å². The van der Waals surface area contributed by atoms with Gasteiger partial charge in [-0.25, -0.2) is 4.98 Å². The fourth-order valence-electron chi connectivity index (χ4n) is 2.69. The van der Waals surface area contributed by atoms with Gasteiger partial charge in [0.15, 0.2) is 0 Å². The number of aromatic nitrogens is 1. The minimum Gasteiger partial charge on any atom is -0.449 e. The van der Waals surface area contributed by atoms with Crippen LogP contribution in [0.5, 0.6) is 0 Å². The first kappa shape index (κ1) is 22.0. The number of nitrogens with zero attached hydrogens (tertiary/aromatic N) is 2. The number of benzene rings is 2. The molecule has 0 N–H and O–H groups in total. The molecule has 1 saturated carbocycles. The van der Waals surface area contributed by atoms with Crippen molar-refractivity contribution in [2.75, 3.05) is 14.1 Å². The van der Waals surface area contributed by atoms with Gasteiger partial charge in [-0.3, -0.25) is 0 Å². The molecule has 0 bridgehead atoms. The third-order valence-electron chi connectivity index (χ3n) is 4.42. The Bertz CT molecular complexity index is 903. The van der Waals surface area contributed by atoms with Gasteiger partial charge in [0.25, 0.3) is 0 Å². The largest absolute Gasteiger partial charge is 1.00 e. The predicted molar refractivity (Wildman–Crippen MR) is 106 cm³/mol. The van der Waals surface area contributed by atoms with Crippen LogP contribution >= 0.6 is 23.2 Å². The van der Waals surface area contributed by atoms with E-state index in [4.69, 9.17) is 27.6 Å². The number of oxazole rings is 1. The van der Waals surface area contributed by atoms with Crippen LogP contribution in [0.15, 0.2) is 40.8 Å². The van der Waals surface area contributed by atoms with E-state index in [0.717, 1.165) is 6.04 Å². The number of hydrogen-bond donors (Lipinski definition) is 0. The first-order valence-corrected chi connectivity index (χ1v) is 9.13. The van der Waals surface area contributed by atoms with E-state index in [1.165, 1.54) is 19.3 Å². The Hall–Kier alpha value is -1.24. The molecule has 0 aliphatic heterocycles. The van der Waals surface area contributed by atoms with Gasteiger partial charge in [0.1, 0.15) is 5.58 Å². The molecule has 27 heavy (non-hydrogen) atoms. The fraction of sp³-hybridized carbons (Fsp3) is 0.300. The molecule has 0 unspecified atom stereocenters. The van der Waals surface area contributed by atoms with Gasteiger partial charge in [0.2, 0.25) is 5.89 Å². The molecule has 3 aromatic rings. The van der Waals surface area contributed by atoms with E-state index in [-0.39, 0.29) is 19.8 Å². The molecule has 4 rings (SSSR count). The molecule has 0 spiro atoms. The van der Waals surface area contributed by atoms with Crippen molar-refractivity contribution < 1.29 is 29.0 Å². The summed E-state index contributed by atoms with van der Waals surface area (Å²) < 4.78 is 5.60. The number of hydrogen-bond acceptors (Lipinski definition) is 4. The molecular formula is C20H19Cl2N2O2Os. The van der Waals surface area contributed by atoms with E-state index in [2.05, 4.69) is 24.0 Å². The molecule has 2 aromatic carbocycles. The minimum absolute atomic E-state index is 0. The minimum atomic E-state index is 0. The first-order valence-electron chi connectivity index (χ1n) is 8.38. The second kappa shape index (κ2) is 9.80. The van der Waals surface area contributed by atoms with Crippen LogP contribution in [0.2, 0.25) is 10.0 Å². The van der Waals surface area contributed by atoms with Crippen molar-refractivity contribution in [3.05, 3.63) is 52.0 Å². The third-order valence-corrected chi connectivity index (χ3v) is 4.86. The van der Waals surface area contributed by atoms with E-state index >= 15 is 0 Å². The molecule has 1 fully saturated rings. The Balaban J connectivity index is 0.000000278. The van der Waals surface area contributed by atoms with Crippen LogP contribution in [0.25, 0.3) is 22.6 Å². The van der Waals surface area contributed by atoms with Crippen LogP contribution in [0, 0.1) is 0 Å². The second-order valence-electron chi connectivity index (χ2n) is 6.51. The summed E-state index contributed by atoms with van der Waals surface area (Å²) in [6, 6.07) is 10.9. The summed E-state index contributed by atoms with van der Waals surface area (Å²) in [5.74, 6) is 0.405. The van der Waals surface area contributed by atoms with Gasteiger partial charge in [-0.2, -0.15) is 6.07 Å². The van der Waals surface area contributed by atoms with E-state index in [1.54, 1.807) is 42.7 Å². The van der Waals surface area contributed by atoms with Crippen molar-refractivity contribution in [1.82, 2.24) is 9.88 Å². The third kappa shape index (κ3) is 5.62. The topological polar surface area (TPSA) is 46.3 Å². The van der Waals surface area contributed by atoms with Crippen molar-refractivity contribution in [3.63, 3.8) is 0 Å². The van der Waals surface area contributed by atoms with Crippen molar-refractivity contribution in [3.8, 4) is 11.5 Å². The quantitative estimate of drug-likeness (QED) is 0.392. The van der Waals surface area contributed by atoms with Crippen LogP contribution in [-0.4, -0.2) is 36.3 Å². The number of carbonyl (C=O) groups excluding carboxylic acids is 1. The summed E-state index contributed by atoms with van der Waals surface area (Å²) in [6.07, 6.45) is 6.10. The maximum Gasteiger partial charge on any atom is 1.00 e. The van der Waals surface area contributed by atoms with Gasteiger partial charge in [-0.05, 0) is 45.1 Å². The summed E-state index contributed by atoms with van der Waals surface area (Å²) in [5.41, 5.74) is 2.28. The molecule has 1 aliphatic carbocycles. The molecule has 143 valence electrons. The van der Waals surface area contributed by atoms with Crippen LogP contribution in [0.1, 0.15) is 24.8 Å². The molecule has 1 heterocycles. The van der Waals surface area contributed by atoms with Crippen molar-refractivity contribution >= 4 is 40.6 Å². The van der Waals surface area contributed by atoms with Crippen molar-refractivity contribution in [2.24, 2.45) is 0 Å². The monoisotopic (exact) mass is 581 g/mol. The first-order chi connectivity index (χ1) is 12.5. The molecule has 1 aromatic heterocycles. The second-order valence-corrected chi connectivity index (χ2v) is 7.38. The summed E-state index contributed by atoms with van der Waals surface area (Å²) in [4.78, 5) is 17.2. The summed E-state index contributed by atoms with van der Waals surface area (Å²) in [6.45, 7) is 0. The molecule has 0 saturated heterocycles. The number of fused-ring (bicyclic) bond motifs is 1. The molecule has 4 nitrogen and oxygen atoms in total. The van der Waals surface area contributed by atoms with Crippen LogP contribution in [-0.2, 0) is 24.6 Å². The SMILES string of the molecule is CN(C)C1CCC1.O=[C-]c1ccc2nc(-c3cc(Cl)cc(Cl)c3)oc2c1.[Os+]. The van der Waals surface area contributed by atoms with E-state index in [1.807, 2.05) is 0 Å². The zero-order valence-corrected chi connectivity index (χ0v) is 19.0. The van der Waals surface area contributed by atoms with Crippen LogP contribution < -0.4 is 0 Å². The predicted octanol–water partition coefficient (Wildman–Crippen LogP) is 5.36. The average Bonchev–Trinajstić information content (AvgIpc) is 2.95. The standard InChI is InChI=1S/C14H6Cl2NO2.C6H13N.Os/c15-10-4-9(5-11(16)6-10)14-17-12-2-1-8(7-18)3-13(12)19-14;1-7(2)6-4-3-5-6;/h1-6H;6H,3-5H2,1-2H3;/q-1;;+1. The number of rotatable bonds is 3. The van der Waals surface area contributed by atoms with Gasteiger partial charge in [0, 0.05) is 21.7 Å². The van der Waals surface area contributed by atoms with Gasteiger partial charge >= 0.3 is 19.8 Å². The van der Waals surface area contributed by atoms with Crippen LogP contribution in [0.3, 0.4) is 0 Å². The van der Waals surface area contributed by atoms with E-state index in [0.29, 0.717) is 38.2 Å². The summed E-state index contributed by atoms with van der Waals surface area (Å²) >= 11 is 11.9. The maximum absolute atomic E-state index is 10.6. The van der Waals surface area contributed by atoms with E-state index < -0.39 is 0 Å². The Kier molecular flexibility index (Phi) is 8.00. The zero-order chi connectivity index (χ0) is 18.7. The molecule has 7 heteroatoms. The average molecular weight is 581 g/mol. The Morgan fingerprint density at radius 2 is 1.78 bits per heavy atom. The normalized spacial score (nSPS) is 13.5. The fourth-order valence-corrected chi connectivity index (χ4v) is 3.22. The molecule has 0 amide bonds. The van der Waals surface area contributed by atoms with Gasteiger partial charge in [0.05, 0.1) is 11.8 Å². The molecule has 1 radical (unpaired) electrons.